The molecule has 0 aliphatic carbocycles. The lowest BCUT2D eigenvalue weighted by Crippen LogP contribution is -2.47. The number of nitrogens with zero attached hydrogens (tertiary/aromatic N) is 1. The van der Waals surface area contributed by atoms with E-state index in [1.165, 1.54) is 6.07 Å². The van der Waals surface area contributed by atoms with Crippen LogP contribution in [0.4, 0.5) is 4.39 Å². The van der Waals surface area contributed by atoms with Crippen LogP contribution in [-0.2, 0) is 6.42 Å². The molecule has 1 aromatic rings. The smallest absolute Gasteiger partial charge is 0.126 e. The number of hydrogen-bond donors (Lipinski definition) is 1. The first-order valence-corrected chi connectivity index (χ1v) is 6.51. The van der Waals surface area contributed by atoms with Gasteiger partial charge in [0.2, 0.25) is 0 Å². The van der Waals surface area contributed by atoms with Crippen molar-refractivity contribution in [3.63, 3.8) is 0 Å². The zero-order chi connectivity index (χ0) is 13.1. The van der Waals surface area contributed by atoms with Crippen LogP contribution in [0.25, 0.3) is 0 Å². The van der Waals surface area contributed by atoms with E-state index in [-0.39, 0.29) is 11.4 Å². The quantitative estimate of drug-likeness (QED) is 0.906. The summed E-state index contributed by atoms with van der Waals surface area (Å²) in [6.45, 7) is 5.55. The molecular formula is C13H20BrFN2. The first-order chi connectivity index (χ1) is 7.86. The monoisotopic (exact) mass is 302 g/mol. The van der Waals surface area contributed by atoms with Crippen LogP contribution in [0.5, 0.6) is 0 Å². The highest BCUT2D eigenvalue weighted by Gasteiger charge is 2.21. The molecule has 1 rings (SSSR count). The van der Waals surface area contributed by atoms with Gasteiger partial charge in [0.25, 0.3) is 0 Å². The van der Waals surface area contributed by atoms with E-state index >= 15 is 0 Å². The standard InChI is InChI=1S/C13H20BrFN2/c1-13(2,9-16)17(3)7-6-10-8-11(14)4-5-12(10)15/h4-5,8H,6-7,9,16H2,1-3H3. The third-order valence-corrected chi connectivity index (χ3v) is 3.75. The summed E-state index contributed by atoms with van der Waals surface area (Å²) in [5.41, 5.74) is 6.39. The van der Waals surface area contributed by atoms with E-state index < -0.39 is 0 Å². The van der Waals surface area contributed by atoms with E-state index in [9.17, 15) is 4.39 Å². The molecule has 0 unspecified atom stereocenters. The lowest BCUT2D eigenvalue weighted by molar-refractivity contribution is 0.165. The van der Waals surface area contributed by atoms with E-state index in [4.69, 9.17) is 5.73 Å². The Morgan fingerprint density at radius 2 is 2.06 bits per heavy atom. The lowest BCUT2D eigenvalue weighted by Gasteiger charge is -2.34. The maximum absolute atomic E-state index is 13.5. The van der Waals surface area contributed by atoms with Crippen LogP contribution < -0.4 is 5.73 Å². The molecule has 0 saturated heterocycles. The highest BCUT2D eigenvalue weighted by atomic mass is 79.9. The minimum absolute atomic E-state index is 0.0531. The summed E-state index contributed by atoms with van der Waals surface area (Å²) in [4.78, 5) is 2.16. The summed E-state index contributed by atoms with van der Waals surface area (Å²) in [6.07, 6.45) is 0.686. The van der Waals surface area contributed by atoms with Crippen LogP contribution in [0.3, 0.4) is 0 Å². The summed E-state index contributed by atoms with van der Waals surface area (Å²) >= 11 is 3.36. The molecule has 2 nitrogen and oxygen atoms in total. The number of halogens is 2. The summed E-state index contributed by atoms with van der Waals surface area (Å²) in [5, 5.41) is 0. The van der Waals surface area contributed by atoms with E-state index in [2.05, 4.69) is 34.7 Å². The van der Waals surface area contributed by atoms with Crippen LogP contribution >= 0.6 is 15.9 Å². The van der Waals surface area contributed by atoms with Crippen molar-refractivity contribution in [3.8, 4) is 0 Å². The molecule has 0 heterocycles. The highest BCUT2D eigenvalue weighted by Crippen LogP contribution is 2.17. The molecule has 0 fully saturated rings. The zero-order valence-electron chi connectivity index (χ0n) is 10.6. The topological polar surface area (TPSA) is 29.3 Å². The summed E-state index contributed by atoms with van der Waals surface area (Å²) < 4.78 is 14.4. The summed E-state index contributed by atoms with van der Waals surface area (Å²) in [6, 6.07) is 5.04. The first kappa shape index (κ1) is 14.6. The fraction of sp³-hybridized carbons (Fsp3) is 0.538. The Labute approximate surface area is 111 Å². The fourth-order valence-corrected chi connectivity index (χ4v) is 1.89. The molecule has 0 aromatic heterocycles. The SMILES string of the molecule is CN(CCc1cc(Br)ccc1F)C(C)(C)CN. The van der Waals surface area contributed by atoms with Gasteiger partial charge in [-0.05, 0) is 51.1 Å². The molecule has 96 valence electrons. The molecule has 0 spiro atoms. The average Bonchev–Trinajstić information content (AvgIpc) is 2.29. The van der Waals surface area contributed by atoms with Gasteiger partial charge in [0.1, 0.15) is 5.82 Å². The molecule has 17 heavy (non-hydrogen) atoms. The van der Waals surface area contributed by atoms with Crippen molar-refractivity contribution in [2.45, 2.75) is 25.8 Å². The first-order valence-electron chi connectivity index (χ1n) is 5.72. The Kier molecular flexibility index (Phi) is 5.10. The van der Waals surface area contributed by atoms with Gasteiger partial charge >= 0.3 is 0 Å². The Morgan fingerprint density at radius 1 is 1.41 bits per heavy atom. The van der Waals surface area contributed by atoms with Crippen molar-refractivity contribution in [1.82, 2.24) is 4.90 Å². The second-order valence-electron chi connectivity index (χ2n) is 4.92. The number of likely N-dealkylation sites (N-methyl/N-ethyl adjacent to an activating group) is 1. The average molecular weight is 303 g/mol. The van der Waals surface area contributed by atoms with Crippen LogP contribution in [0, 0.1) is 5.82 Å². The summed E-state index contributed by atoms with van der Waals surface area (Å²) in [7, 11) is 2.02. The largest absolute Gasteiger partial charge is 0.329 e. The molecule has 2 N–H and O–H groups in total. The number of benzene rings is 1. The van der Waals surface area contributed by atoms with Crippen molar-refractivity contribution in [3.05, 3.63) is 34.1 Å². The Bertz CT molecular complexity index is 380. The third-order valence-electron chi connectivity index (χ3n) is 3.26. The molecule has 0 saturated carbocycles. The van der Waals surface area contributed by atoms with Gasteiger partial charge in [0.15, 0.2) is 0 Å². The molecule has 0 radical (unpaired) electrons. The van der Waals surface area contributed by atoms with E-state index in [1.54, 1.807) is 6.07 Å². The highest BCUT2D eigenvalue weighted by molar-refractivity contribution is 9.10. The molecule has 0 bridgehead atoms. The van der Waals surface area contributed by atoms with Gasteiger partial charge in [-0.2, -0.15) is 0 Å². The van der Waals surface area contributed by atoms with Crippen molar-refractivity contribution >= 4 is 15.9 Å². The molecule has 1 aromatic carbocycles. The zero-order valence-corrected chi connectivity index (χ0v) is 12.2. The molecular weight excluding hydrogens is 283 g/mol. The molecule has 0 atom stereocenters. The normalized spacial score (nSPS) is 12.2. The minimum atomic E-state index is -0.146. The Balaban J connectivity index is 2.64. The van der Waals surface area contributed by atoms with E-state index in [0.717, 1.165) is 16.6 Å². The lowest BCUT2D eigenvalue weighted by atomic mass is 10.0. The molecule has 4 heteroatoms. The maximum Gasteiger partial charge on any atom is 0.126 e. The van der Waals surface area contributed by atoms with Crippen LogP contribution in [0.15, 0.2) is 22.7 Å². The van der Waals surface area contributed by atoms with Crippen molar-refractivity contribution in [2.75, 3.05) is 20.1 Å². The fourth-order valence-electron chi connectivity index (χ4n) is 1.48. The third kappa shape index (κ3) is 4.05. The van der Waals surface area contributed by atoms with E-state index in [1.807, 2.05) is 13.1 Å². The van der Waals surface area contributed by atoms with Crippen molar-refractivity contribution in [1.29, 1.82) is 0 Å². The van der Waals surface area contributed by atoms with Gasteiger partial charge in [-0.3, -0.25) is 4.90 Å². The van der Waals surface area contributed by atoms with Gasteiger partial charge in [0, 0.05) is 23.1 Å². The molecule has 0 aliphatic rings. The van der Waals surface area contributed by atoms with E-state index in [0.29, 0.717) is 13.0 Å². The Hall–Kier alpha value is -0.450. The van der Waals surface area contributed by atoms with Gasteiger partial charge in [-0.15, -0.1) is 0 Å². The van der Waals surface area contributed by atoms with Crippen LogP contribution in [0.1, 0.15) is 19.4 Å². The Morgan fingerprint density at radius 3 is 2.65 bits per heavy atom. The number of rotatable bonds is 5. The second kappa shape index (κ2) is 5.94. The van der Waals surface area contributed by atoms with Gasteiger partial charge in [0.05, 0.1) is 0 Å². The van der Waals surface area contributed by atoms with Crippen molar-refractivity contribution < 1.29 is 4.39 Å². The van der Waals surface area contributed by atoms with Crippen molar-refractivity contribution in [2.24, 2.45) is 5.73 Å². The maximum atomic E-state index is 13.5. The number of nitrogens with two attached hydrogens (primary N) is 1. The predicted octanol–water partition coefficient (Wildman–Crippen LogP) is 2.80. The van der Waals surface area contributed by atoms with Gasteiger partial charge in [-0.25, -0.2) is 4.39 Å². The molecule has 0 aliphatic heterocycles. The van der Waals surface area contributed by atoms with Crippen LogP contribution in [0.2, 0.25) is 0 Å². The summed E-state index contributed by atoms with van der Waals surface area (Å²) in [5.74, 6) is -0.146. The minimum Gasteiger partial charge on any atom is -0.329 e. The molecule has 0 amide bonds. The second-order valence-corrected chi connectivity index (χ2v) is 5.84. The number of hydrogen-bond acceptors (Lipinski definition) is 2. The van der Waals surface area contributed by atoms with Gasteiger partial charge in [-0.1, -0.05) is 15.9 Å². The predicted molar refractivity (Wildman–Crippen MR) is 73.6 cm³/mol. The van der Waals surface area contributed by atoms with Crippen LogP contribution in [-0.4, -0.2) is 30.6 Å². The van der Waals surface area contributed by atoms with Gasteiger partial charge < -0.3 is 5.73 Å².